The lowest BCUT2D eigenvalue weighted by Crippen LogP contribution is -2.50. The van der Waals surface area contributed by atoms with Gasteiger partial charge in [-0.1, -0.05) is 12.1 Å². The van der Waals surface area contributed by atoms with E-state index in [1.165, 1.54) is 4.57 Å². The topological polar surface area (TPSA) is 119 Å². The van der Waals surface area contributed by atoms with Crippen molar-refractivity contribution in [2.75, 3.05) is 62.3 Å². The molecule has 2 fully saturated rings. The number of fused-ring (bicyclic) bond motifs is 1. The molecule has 2 N–H and O–H groups in total. The van der Waals surface area contributed by atoms with E-state index in [0.717, 1.165) is 0 Å². The number of nitrogens with zero attached hydrogens (tertiary/aromatic N) is 8. The standard InChI is InChI=1S/C23H29F2N9O2/c1-15(26)14-18(35)31-6-8-32(9-7-31)21-28-22(33-10-12-36-13-11-33)30-23(29-21)34-17-5-3-2-4-16(17)27-20(34)19(24)25/h2-5,15,19H,6-14,26H2,1H3. The summed E-state index contributed by atoms with van der Waals surface area (Å²) in [5, 5.41) is 0. The number of imidazole rings is 1. The summed E-state index contributed by atoms with van der Waals surface area (Å²) in [6.07, 6.45) is -2.52. The molecule has 0 bridgehead atoms. The summed E-state index contributed by atoms with van der Waals surface area (Å²) < 4.78 is 34.8. The zero-order valence-corrected chi connectivity index (χ0v) is 20.1. The normalized spacial score (nSPS) is 17.8. The quantitative estimate of drug-likeness (QED) is 0.534. The van der Waals surface area contributed by atoms with Crippen molar-refractivity contribution < 1.29 is 18.3 Å². The van der Waals surface area contributed by atoms with Gasteiger partial charge >= 0.3 is 0 Å². The summed E-state index contributed by atoms with van der Waals surface area (Å²) in [6.45, 7) is 6.00. The molecule has 0 spiro atoms. The average molecular weight is 502 g/mol. The number of piperazine rings is 1. The van der Waals surface area contributed by atoms with Crippen LogP contribution in [-0.4, -0.2) is 93.8 Å². The highest BCUT2D eigenvalue weighted by Crippen LogP contribution is 2.28. The van der Waals surface area contributed by atoms with Crippen molar-refractivity contribution in [3.05, 3.63) is 30.1 Å². The molecule has 2 aliphatic rings. The van der Waals surface area contributed by atoms with E-state index >= 15 is 0 Å². The van der Waals surface area contributed by atoms with Gasteiger partial charge in [0, 0.05) is 51.7 Å². The van der Waals surface area contributed by atoms with E-state index in [1.54, 1.807) is 36.1 Å². The number of alkyl halides is 2. The van der Waals surface area contributed by atoms with Gasteiger partial charge in [0.2, 0.25) is 23.8 Å². The van der Waals surface area contributed by atoms with Crippen LogP contribution in [0.3, 0.4) is 0 Å². The molecule has 5 rings (SSSR count). The second kappa shape index (κ2) is 10.3. The SMILES string of the molecule is CC(N)CC(=O)N1CCN(c2nc(N3CCOCC3)nc(-n3c(C(F)F)nc4ccccc43)n2)CC1. The molecule has 1 aromatic carbocycles. The van der Waals surface area contributed by atoms with E-state index in [-0.39, 0.29) is 17.9 Å². The third-order valence-electron chi connectivity index (χ3n) is 6.29. The average Bonchev–Trinajstić information content (AvgIpc) is 3.29. The van der Waals surface area contributed by atoms with Crippen LogP contribution in [0.2, 0.25) is 0 Å². The highest BCUT2D eigenvalue weighted by atomic mass is 19.3. The highest BCUT2D eigenvalue weighted by Gasteiger charge is 2.28. The van der Waals surface area contributed by atoms with Gasteiger partial charge in [-0.15, -0.1) is 0 Å². The van der Waals surface area contributed by atoms with Crippen LogP contribution < -0.4 is 15.5 Å². The molecule has 192 valence electrons. The number of anilines is 2. The van der Waals surface area contributed by atoms with Crippen molar-refractivity contribution in [1.29, 1.82) is 0 Å². The summed E-state index contributed by atoms with van der Waals surface area (Å²) >= 11 is 0. The number of morpholine rings is 1. The molecule has 1 amide bonds. The molecule has 4 heterocycles. The molecule has 0 saturated carbocycles. The number of nitrogens with two attached hydrogens (primary N) is 1. The van der Waals surface area contributed by atoms with Crippen LogP contribution in [0, 0.1) is 0 Å². The molecule has 1 atom stereocenters. The zero-order chi connectivity index (χ0) is 25.2. The number of hydrogen-bond acceptors (Lipinski definition) is 9. The molecule has 2 aromatic heterocycles. The maximum atomic E-state index is 14.0. The predicted molar refractivity (Wildman–Crippen MR) is 130 cm³/mol. The third kappa shape index (κ3) is 4.93. The van der Waals surface area contributed by atoms with Crippen molar-refractivity contribution in [2.24, 2.45) is 5.73 Å². The van der Waals surface area contributed by atoms with Gasteiger partial charge in [-0.2, -0.15) is 15.0 Å². The molecule has 0 aliphatic carbocycles. The summed E-state index contributed by atoms with van der Waals surface area (Å²) in [7, 11) is 0. The number of carbonyl (C=O) groups is 1. The van der Waals surface area contributed by atoms with Crippen LogP contribution in [-0.2, 0) is 9.53 Å². The smallest absolute Gasteiger partial charge is 0.296 e. The van der Waals surface area contributed by atoms with Crippen molar-refractivity contribution in [3.63, 3.8) is 0 Å². The minimum Gasteiger partial charge on any atom is -0.378 e. The minimum absolute atomic E-state index is 0.0152. The Morgan fingerprint density at radius 3 is 2.19 bits per heavy atom. The molecule has 36 heavy (non-hydrogen) atoms. The molecular weight excluding hydrogens is 472 g/mol. The monoisotopic (exact) mass is 501 g/mol. The van der Waals surface area contributed by atoms with Gasteiger partial charge < -0.3 is 25.2 Å². The third-order valence-corrected chi connectivity index (χ3v) is 6.29. The number of carbonyl (C=O) groups excluding carboxylic acids is 1. The molecular formula is C23H29F2N9O2. The number of para-hydroxylation sites is 2. The lowest BCUT2D eigenvalue weighted by molar-refractivity contribution is -0.131. The lowest BCUT2D eigenvalue weighted by Gasteiger charge is -2.35. The van der Waals surface area contributed by atoms with Crippen LogP contribution in [0.5, 0.6) is 0 Å². The first-order chi connectivity index (χ1) is 17.4. The number of aromatic nitrogens is 5. The first-order valence-electron chi connectivity index (χ1n) is 12.0. The van der Waals surface area contributed by atoms with E-state index in [1.807, 2.05) is 9.80 Å². The van der Waals surface area contributed by atoms with Crippen LogP contribution >= 0.6 is 0 Å². The van der Waals surface area contributed by atoms with E-state index in [0.29, 0.717) is 81.8 Å². The van der Waals surface area contributed by atoms with Gasteiger partial charge in [0.05, 0.1) is 24.2 Å². The Labute approximate surface area is 206 Å². The van der Waals surface area contributed by atoms with Gasteiger partial charge in [-0.05, 0) is 19.1 Å². The van der Waals surface area contributed by atoms with E-state index in [9.17, 15) is 13.6 Å². The van der Waals surface area contributed by atoms with Crippen LogP contribution in [0.15, 0.2) is 24.3 Å². The zero-order valence-electron chi connectivity index (χ0n) is 20.1. The predicted octanol–water partition coefficient (Wildman–Crippen LogP) is 1.37. The molecule has 1 unspecified atom stereocenters. The molecule has 2 saturated heterocycles. The van der Waals surface area contributed by atoms with Crippen LogP contribution in [0.4, 0.5) is 20.7 Å². The Balaban J connectivity index is 1.52. The second-order valence-electron chi connectivity index (χ2n) is 8.98. The lowest BCUT2D eigenvalue weighted by atomic mass is 10.2. The largest absolute Gasteiger partial charge is 0.378 e. The van der Waals surface area contributed by atoms with E-state index in [2.05, 4.69) is 15.0 Å². The Bertz CT molecular complexity index is 1220. The van der Waals surface area contributed by atoms with Crippen molar-refractivity contribution in [2.45, 2.75) is 25.8 Å². The Kier molecular flexibility index (Phi) is 6.92. The molecule has 11 nitrogen and oxygen atoms in total. The maximum absolute atomic E-state index is 14.0. The van der Waals surface area contributed by atoms with Crippen molar-refractivity contribution in [1.82, 2.24) is 29.4 Å². The van der Waals surface area contributed by atoms with E-state index in [4.69, 9.17) is 15.5 Å². The number of benzene rings is 1. The van der Waals surface area contributed by atoms with E-state index < -0.39 is 12.2 Å². The maximum Gasteiger partial charge on any atom is 0.296 e. The van der Waals surface area contributed by atoms with Gasteiger partial charge in [-0.25, -0.2) is 13.8 Å². The molecule has 2 aliphatic heterocycles. The number of hydrogen-bond donors (Lipinski definition) is 1. The van der Waals surface area contributed by atoms with Gasteiger partial charge in [-0.3, -0.25) is 9.36 Å². The number of halogens is 2. The summed E-state index contributed by atoms with van der Waals surface area (Å²) in [5.74, 6) is 0.445. The number of amides is 1. The second-order valence-corrected chi connectivity index (χ2v) is 8.98. The fraction of sp³-hybridized carbons (Fsp3) is 0.522. The summed E-state index contributed by atoms with van der Waals surface area (Å²) in [5.41, 5.74) is 6.71. The molecule has 3 aromatic rings. The first kappa shape index (κ1) is 24.3. The van der Waals surface area contributed by atoms with Crippen molar-refractivity contribution in [3.8, 4) is 5.95 Å². The Morgan fingerprint density at radius 2 is 1.56 bits per heavy atom. The summed E-state index contributed by atoms with van der Waals surface area (Å²) in [6, 6.07) is 6.71. The fourth-order valence-electron chi connectivity index (χ4n) is 4.45. The molecule has 13 heteroatoms. The van der Waals surface area contributed by atoms with Gasteiger partial charge in [0.25, 0.3) is 6.43 Å². The van der Waals surface area contributed by atoms with Gasteiger partial charge in [0.15, 0.2) is 5.82 Å². The number of ether oxygens (including phenoxy) is 1. The Morgan fingerprint density at radius 1 is 0.944 bits per heavy atom. The highest BCUT2D eigenvalue weighted by molar-refractivity contribution is 5.78. The van der Waals surface area contributed by atoms with Crippen LogP contribution in [0.1, 0.15) is 25.6 Å². The fourth-order valence-corrected chi connectivity index (χ4v) is 4.45. The Hall–Kier alpha value is -3.45. The molecule has 0 radical (unpaired) electrons. The first-order valence-corrected chi connectivity index (χ1v) is 12.0. The van der Waals surface area contributed by atoms with Crippen molar-refractivity contribution >= 4 is 28.8 Å². The number of rotatable bonds is 6. The minimum atomic E-state index is -2.82. The summed E-state index contributed by atoms with van der Waals surface area (Å²) in [4.78, 5) is 36.2. The van der Waals surface area contributed by atoms with Crippen LogP contribution in [0.25, 0.3) is 17.0 Å². The van der Waals surface area contributed by atoms with Gasteiger partial charge in [0.1, 0.15) is 0 Å².